The van der Waals surface area contributed by atoms with Crippen molar-refractivity contribution in [3.8, 4) is 17.2 Å². The van der Waals surface area contributed by atoms with Gasteiger partial charge in [0.05, 0.1) is 12.1 Å². The van der Waals surface area contributed by atoms with E-state index in [1.807, 2.05) is 0 Å². The molecule has 0 unspecified atom stereocenters. The Balaban J connectivity index is 2.48. The number of fused-ring (bicyclic) bond motifs is 1. The van der Waals surface area contributed by atoms with Gasteiger partial charge in [-0.2, -0.15) is 0 Å². The van der Waals surface area contributed by atoms with Crippen molar-refractivity contribution in [3.63, 3.8) is 0 Å². The van der Waals surface area contributed by atoms with E-state index < -0.39 is 11.5 Å². The molecule has 1 N–H and O–H groups in total. The van der Waals surface area contributed by atoms with E-state index >= 15 is 0 Å². The maximum atomic E-state index is 13.2. The number of phenols is 1. The van der Waals surface area contributed by atoms with E-state index in [0.717, 1.165) is 51.4 Å². The second-order valence-corrected chi connectivity index (χ2v) is 7.38. The van der Waals surface area contributed by atoms with Gasteiger partial charge in [-0.1, -0.05) is 52.4 Å². The smallest absolute Gasteiger partial charge is 0.308 e. The number of phenolic OH excluding ortho intramolecular Hbond substituents is 1. The molecule has 0 spiro atoms. The monoisotopic (exact) mass is 403 g/mol. The second kappa shape index (κ2) is 11.5. The zero-order valence-electron chi connectivity index (χ0n) is 17.8. The highest BCUT2D eigenvalue weighted by Gasteiger charge is 2.21. The van der Waals surface area contributed by atoms with Crippen LogP contribution in [0.3, 0.4) is 0 Å². The van der Waals surface area contributed by atoms with Crippen molar-refractivity contribution in [2.75, 3.05) is 6.61 Å². The number of unbranched alkanes of at least 4 members (excludes halogenated alkanes) is 6. The summed E-state index contributed by atoms with van der Waals surface area (Å²) in [4.78, 5) is 24.8. The molecule has 0 aliphatic rings. The molecule has 1 aromatic carbocycles. The first kappa shape index (κ1) is 22.8. The van der Waals surface area contributed by atoms with Crippen molar-refractivity contribution in [1.82, 2.24) is 4.57 Å². The van der Waals surface area contributed by atoms with Gasteiger partial charge in [0.1, 0.15) is 5.75 Å². The first-order chi connectivity index (χ1) is 14.0. The van der Waals surface area contributed by atoms with Crippen LogP contribution in [0.4, 0.5) is 0 Å². The van der Waals surface area contributed by atoms with Crippen LogP contribution < -0.4 is 15.0 Å². The number of hydrogen-bond acceptors (Lipinski definition) is 5. The summed E-state index contributed by atoms with van der Waals surface area (Å²) in [5.74, 6) is -0.273. The molecule has 2 rings (SSSR count). The van der Waals surface area contributed by atoms with Crippen LogP contribution in [0.15, 0.2) is 23.0 Å². The minimum atomic E-state index is -0.561. The molecule has 6 nitrogen and oxygen atoms in total. The third-order valence-corrected chi connectivity index (χ3v) is 4.89. The van der Waals surface area contributed by atoms with E-state index in [0.29, 0.717) is 24.1 Å². The fraction of sp³-hybridized carbons (Fsp3) is 0.565. The number of pyridine rings is 1. The van der Waals surface area contributed by atoms with Gasteiger partial charge in [-0.15, -0.1) is 0 Å². The van der Waals surface area contributed by atoms with Gasteiger partial charge < -0.3 is 19.1 Å². The van der Waals surface area contributed by atoms with Crippen molar-refractivity contribution in [1.29, 1.82) is 0 Å². The second-order valence-electron chi connectivity index (χ2n) is 7.38. The Kier molecular flexibility index (Phi) is 9.03. The van der Waals surface area contributed by atoms with Crippen LogP contribution in [0.1, 0.15) is 72.1 Å². The molecule has 0 bridgehead atoms. The van der Waals surface area contributed by atoms with E-state index in [9.17, 15) is 14.7 Å². The molecule has 1 aromatic heterocycles. The molecule has 6 heteroatoms. The summed E-state index contributed by atoms with van der Waals surface area (Å²) >= 11 is 0. The molecule has 1 heterocycles. The van der Waals surface area contributed by atoms with Gasteiger partial charge in [0.15, 0.2) is 5.75 Å². The lowest BCUT2D eigenvalue weighted by Crippen LogP contribution is -2.25. The van der Waals surface area contributed by atoms with E-state index in [2.05, 4.69) is 13.8 Å². The molecule has 2 aromatic rings. The quantitative estimate of drug-likeness (QED) is 0.391. The van der Waals surface area contributed by atoms with Crippen LogP contribution in [0.2, 0.25) is 0 Å². The predicted molar refractivity (Wildman–Crippen MR) is 115 cm³/mol. The van der Waals surface area contributed by atoms with E-state index in [1.54, 1.807) is 22.8 Å². The fourth-order valence-electron chi connectivity index (χ4n) is 3.39. The molecular formula is C23H33NO5. The summed E-state index contributed by atoms with van der Waals surface area (Å²) in [5, 5.41) is 10.6. The minimum Gasteiger partial charge on any atom is -0.508 e. The van der Waals surface area contributed by atoms with Crippen LogP contribution in [-0.4, -0.2) is 22.2 Å². The Morgan fingerprint density at radius 1 is 1.00 bits per heavy atom. The van der Waals surface area contributed by atoms with Crippen molar-refractivity contribution < 1.29 is 19.4 Å². The largest absolute Gasteiger partial charge is 0.508 e. The fourth-order valence-corrected chi connectivity index (χ4v) is 3.39. The average molecular weight is 404 g/mol. The average Bonchev–Trinajstić information content (AvgIpc) is 2.68. The van der Waals surface area contributed by atoms with Crippen LogP contribution in [0.25, 0.3) is 10.9 Å². The lowest BCUT2D eigenvalue weighted by molar-refractivity contribution is -0.132. The van der Waals surface area contributed by atoms with Crippen molar-refractivity contribution in [2.45, 2.75) is 78.7 Å². The standard InChI is InChI=1S/C23H33NO5/c1-4-6-8-10-14-24-20-16-18(26)12-13-19(20)21(28-15-11-9-7-5-2)22(23(24)27)29-17(3)25/h12-13,16,26H,4-11,14-15H2,1-3H3. The Morgan fingerprint density at radius 2 is 1.69 bits per heavy atom. The Bertz CT molecular complexity index is 872. The van der Waals surface area contributed by atoms with Gasteiger partial charge in [-0.3, -0.25) is 9.59 Å². The lowest BCUT2D eigenvalue weighted by atomic mass is 10.1. The maximum absolute atomic E-state index is 13.2. The highest BCUT2D eigenvalue weighted by atomic mass is 16.6. The molecule has 0 aliphatic heterocycles. The number of aryl methyl sites for hydroxylation is 1. The number of benzene rings is 1. The highest BCUT2D eigenvalue weighted by Crippen LogP contribution is 2.35. The molecule has 0 radical (unpaired) electrons. The summed E-state index contributed by atoms with van der Waals surface area (Å²) in [6.45, 7) is 6.47. The van der Waals surface area contributed by atoms with Crippen molar-refractivity contribution >= 4 is 16.9 Å². The number of aromatic nitrogens is 1. The highest BCUT2D eigenvalue weighted by molar-refractivity contribution is 5.89. The van der Waals surface area contributed by atoms with E-state index in [1.165, 1.54) is 6.92 Å². The maximum Gasteiger partial charge on any atom is 0.308 e. The summed E-state index contributed by atoms with van der Waals surface area (Å²) in [7, 11) is 0. The molecule has 160 valence electrons. The number of hydrogen-bond donors (Lipinski definition) is 1. The third-order valence-electron chi connectivity index (χ3n) is 4.89. The number of carbonyl (C=O) groups is 1. The molecule has 0 fully saturated rings. The molecule has 0 saturated heterocycles. The van der Waals surface area contributed by atoms with E-state index in [4.69, 9.17) is 9.47 Å². The molecular weight excluding hydrogens is 370 g/mol. The number of esters is 1. The van der Waals surface area contributed by atoms with Crippen LogP contribution in [-0.2, 0) is 11.3 Å². The summed E-state index contributed by atoms with van der Waals surface area (Å²) in [6, 6.07) is 4.83. The van der Waals surface area contributed by atoms with Gasteiger partial charge in [-0.05, 0) is 25.0 Å². The van der Waals surface area contributed by atoms with Gasteiger partial charge >= 0.3 is 5.97 Å². The van der Waals surface area contributed by atoms with Gasteiger partial charge in [0.25, 0.3) is 5.56 Å². The number of carbonyl (C=O) groups excluding carboxylic acids is 1. The summed E-state index contributed by atoms with van der Waals surface area (Å²) in [6.07, 6.45) is 8.15. The van der Waals surface area contributed by atoms with Crippen LogP contribution >= 0.6 is 0 Å². The Hall–Kier alpha value is -2.50. The topological polar surface area (TPSA) is 77.8 Å². The molecule has 0 saturated carbocycles. The Morgan fingerprint density at radius 3 is 2.34 bits per heavy atom. The first-order valence-corrected chi connectivity index (χ1v) is 10.7. The van der Waals surface area contributed by atoms with Crippen molar-refractivity contribution in [3.05, 3.63) is 28.6 Å². The predicted octanol–water partition coefficient (Wildman–Crippen LogP) is 5.17. The van der Waals surface area contributed by atoms with Gasteiger partial charge in [0.2, 0.25) is 5.75 Å². The summed E-state index contributed by atoms with van der Waals surface area (Å²) < 4.78 is 12.8. The first-order valence-electron chi connectivity index (χ1n) is 10.7. The SMILES string of the molecule is CCCCCCOc1c(OC(C)=O)c(=O)n(CCCCCC)c2cc(O)ccc12. The zero-order valence-corrected chi connectivity index (χ0v) is 17.8. The number of nitrogens with zero attached hydrogens (tertiary/aromatic N) is 1. The van der Waals surface area contributed by atoms with Crippen LogP contribution in [0, 0.1) is 0 Å². The number of ether oxygens (including phenoxy) is 2. The normalized spacial score (nSPS) is 11.0. The van der Waals surface area contributed by atoms with Gasteiger partial charge in [-0.25, -0.2) is 0 Å². The Labute approximate surface area is 172 Å². The van der Waals surface area contributed by atoms with Crippen LogP contribution in [0.5, 0.6) is 17.2 Å². The van der Waals surface area contributed by atoms with Crippen molar-refractivity contribution in [2.24, 2.45) is 0 Å². The lowest BCUT2D eigenvalue weighted by Gasteiger charge is -2.18. The zero-order chi connectivity index (χ0) is 21.2. The number of rotatable bonds is 12. The molecule has 29 heavy (non-hydrogen) atoms. The molecule has 0 aliphatic carbocycles. The van der Waals surface area contributed by atoms with E-state index in [-0.39, 0.29) is 17.2 Å². The number of aromatic hydroxyl groups is 1. The summed E-state index contributed by atoms with van der Waals surface area (Å²) in [5.41, 5.74) is 0.185. The molecule has 0 atom stereocenters. The van der Waals surface area contributed by atoms with Gasteiger partial charge in [0, 0.05) is 24.9 Å². The minimum absolute atomic E-state index is 0.0679. The molecule has 0 amide bonds. The third kappa shape index (κ3) is 6.24.